The van der Waals surface area contributed by atoms with Crippen molar-refractivity contribution in [3.8, 4) is 17.0 Å². The van der Waals surface area contributed by atoms with Crippen molar-refractivity contribution in [1.29, 1.82) is 0 Å². The van der Waals surface area contributed by atoms with Crippen LogP contribution in [0, 0.1) is 5.82 Å². The highest BCUT2D eigenvalue weighted by molar-refractivity contribution is 6.31. The SMILES string of the molecule is COc1cc(-c2cc(N)cc(Cl)c2)c(F)cn1. The Balaban J connectivity index is 2.58. The van der Waals surface area contributed by atoms with Crippen molar-refractivity contribution in [2.45, 2.75) is 0 Å². The molecular weight excluding hydrogens is 243 g/mol. The van der Waals surface area contributed by atoms with Crippen LogP contribution in [-0.2, 0) is 0 Å². The van der Waals surface area contributed by atoms with E-state index in [0.717, 1.165) is 6.20 Å². The van der Waals surface area contributed by atoms with Crippen LogP contribution in [0.2, 0.25) is 5.02 Å². The Morgan fingerprint density at radius 3 is 2.71 bits per heavy atom. The molecule has 0 aliphatic heterocycles. The molecule has 0 bridgehead atoms. The van der Waals surface area contributed by atoms with Crippen LogP contribution < -0.4 is 10.5 Å². The number of hydrogen-bond donors (Lipinski definition) is 1. The number of nitrogen functional groups attached to an aromatic ring is 1. The van der Waals surface area contributed by atoms with Gasteiger partial charge in [-0.15, -0.1) is 0 Å². The number of pyridine rings is 1. The zero-order valence-corrected chi connectivity index (χ0v) is 9.83. The highest BCUT2D eigenvalue weighted by Crippen LogP contribution is 2.29. The Labute approximate surface area is 103 Å². The van der Waals surface area contributed by atoms with E-state index in [1.807, 2.05) is 0 Å². The number of methoxy groups -OCH3 is 1. The molecule has 2 N–H and O–H groups in total. The molecule has 0 fully saturated rings. The molecule has 17 heavy (non-hydrogen) atoms. The summed E-state index contributed by atoms with van der Waals surface area (Å²) in [5.41, 5.74) is 7.08. The summed E-state index contributed by atoms with van der Waals surface area (Å²) in [5, 5.41) is 0.454. The summed E-state index contributed by atoms with van der Waals surface area (Å²) < 4.78 is 18.6. The van der Waals surface area contributed by atoms with Crippen LogP contribution in [0.5, 0.6) is 5.88 Å². The molecule has 5 heteroatoms. The molecular formula is C12H10ClFN2O. The monoisotopic (exact) mass is 252 g/mol. The van der Waals surface area contributed by atoms with Crippen molar-refractivity contribution in [2.75, 3.05) is 12.8 Å². The zero-order valence-electron chi connectivity index (χ0n) is 9.08. The molecule has 0 spiro atoms. The zero-order chi connectivity index (χ0) is 12.4. The van der Waals surface area contributed by atoms with E-state index in [4.69, 9.17) is 22.1 Å². The summed E-state index contributed by atoms with van der Waals surface area (Å²) in [6, 6.07) is 6.38. The van der Waals surface area contributed by atoms with Crippen molar-refractivity contribution in [3.63, 3.8) is 0 Å². The third-order valence-corrected chi connectivity index (χ3v) is 2.49. The van der Waals surface area contributed by atoms with Crippen molar-refractivity contribution in [2.24, 2.45) is 0 Å². The second-order valence-corrected chi connectivity index (χ2v) is 3.92. The number of benzene rings is 1. The molecule has 0 amide bonds. The number of nitrogens with zero attached hydrogens (tertiary/aromatic N) is 1. The molecule has 0 radical (unpaired) electrons. The minimum Gasteiger partial charge on any atom is -0.481 e. The highest BCUT2D eigenvalue weighted by atomic mass is 35.5. The van der Waals surface area contributed by atoms with Crippen LogP contribution in [0.15, 0.2) is 30.5 Å². The Morgan fingerprint density at radius 2 is 2.06 bits per heavy atom. The van der Waals surface area contributed by atoms with Gasteiger partial charge < -0.3 is 10.5 Å². The predicted octanol–water partition coefficient (Wildman–Crippen LogP) is 3.13. The average molecular weight is 253 g/mol. The lowest BCUT2D eigenvalue weighted by atomic mass is 10.1. The maximum absolute atomic E-state index is 13.7. The van der Waals surface area contributed by atoms with Crippen LogP contribution in [0.4, 0.5) is 10.1 Å². The van der Waals surface area contributed by atoms with Gasteiger partial charge in [-0.25, -0.2) is 9.37 Å². The average Bonchev–Trinajstić information content (AvgIpc) is 2.28. The second-order valence-electron chi connectivity index (χ2n) is 3.48. The van der Waals surface area contributed by atoms with Crippen LogP contribution in [0.25, 0.3) is 11.1 Å². The molecule has 1 aromatic carbocycles. The minimum absolute atomic E-state index is 0.333. The van der Waals surface area contributed by atoms with E-state index in [9.17, 15) is 4.39 Å². The van der Waals surface area contributed by atoms with Crippen molar-refractivity contribution in [3.05, 3.63) is 41.3 Å². The lowest BCUT2D eigenvalue weighted by Gasteiger charge is -2.07. The molecule has 2 aromatic rings. The molecule has 0 aliphatic carbocycles. The summed E-state index contributed by atoms with van der Waals surface area (Å²) in [4.78, 5) is 3.77. The third kappa shape index (κ3) is 2.47. The van der Waals surface area contributed by atoms with Gasteiger partial charge in [-0.2, -0.15) is 0 Å². The summed E-state index contributed by atoms with van der Waals surface area (Å²) in [6.45, 7) is 0. The fourth-order valence-corrected chi connectivity index (χ4v) is 1.76. The Bertz CT molecular complexity index is 540. The first kappa shape index (κ1) is 11.7. The van der Waals surface area contributed by atoms with Gasteiger partial charge in [0.25, 0.3) is 0 Å². The normalized spacial score (nSPS) is 10.3. The van der Waals surface area contributed by atoms with Crippen molar-refractivity contribution < 1.29 is 9.13 Å². The topological polar surface area (TPSA) is 48.1 Å². The number of rotatable bonds is 2. The van der Waals surface area contributed by atoms with Crippen LogP contribution in [0.1, 0.15) is 0 Å². The van der Waals surface area contributed by atoms with Crippen molar-refractivity contribution in [1.82, 2.24) is 4.98 Å². The first-order chi connectivity index (χ1) is 8.10. The van der Waals surface area contributed by atoms with E-state index in [-0.39, 0.29) is 0 Å². The fourth-order valence-electron chi connectivity index (χ4n) is 1.52. The molecule has 0 unspecified atom stereocenters. The number of nitrogens with two attached hydrogens (primary N) is 1. The summed E-state index contributed by atoms with van der Waals surface area (Å²) in [5.74, 6) is -0.118. The molecule has 88 valence electrons. The highest BCUT2D eigenvalue weighted by Gasteiger charge is 2.09. The summed E-state index contributed by atoms with van der Waals surface area (Å²) in [7, 11) is 1.47. The van der Waals surface area contributed by atoms with Crippen LogP contribution in [-0.4, -0.2) is 12.1 Å². The lowest BCUT2D eigenvalue weighted by Crippen LogP contribution is -1.93. The number of halogens is 2. The lowest BCUT2D eigenvalue weighted by molar-refractivity contribution is 0.396. The molecule has 0 atom stereocenters. The van der Waals surface area contributed by atoms with Gasteiger partial charge in [-0.1, -0.05) is 11.6 Å². The minimum atomic E-state index is -0.451. The predicted molar refractivity (Wildman–Crippen MR) is 65.6 cm³/mol. The molecule has 0 saturated carbocycles. The maximum atomic E-state index is 13.7. The maximum Gasteiger partial charge on any atom is 0.213 e. The van der Waals surface area contributed by atoms with E-state index in [0.29, 0.717) is 27.7 Å². The van der Waals surface area contributed by atoms with Gasteiger partial charge >= 0.3 is 0 Å². The largest absolute Gasteiger partial charge is 0.481 e. The van der Waals surface area contributed by atoms with Gasteiger partial charge in [0.1, 0.15) is 5.82 Å². The number of aromatic nitrogens is 1. The van der Waals surface area contributed by atoms with Crippen LogP contribution in [0.3, 0.4) is 0 Å². The Morgan fingerprint density at radius 1 is 1.29 bits per heavy atom. The second kappa shape index (κ2) is 4.59. The quantitative estimate of drug-likeness (QED) is 0.836. The van der Waals surface area contributed by atoms with Gasteiger partial charge in [0, 0.05) is 22.3 Å². The van der Waals surface area contributed by atoms with Crippen molar-refractivity contribution >= 4 is 17.3 Å². The molecule has 1 aromatic heterocycles. The van der Waals surface area contributed by atoms with E-state index in [2.05, 4.69) is 4.98 Å². The van der Waals surface area contributed by atoms with E-state index in [1.165, 1.54) is 13.2 Å². The molecule has 3 nitrogen and oxygen atoms in total. The summed E-state index contributed by atoms with van der Waals surface area (Å²) in [6.07, 6.45) is 1.10. The van der Waals surface area contributed by atoms with E-state index in [1.54, 1.807) is 18.2 Å². The smallest absolute Gasteiger partial charge is 0.213 e. The fraction of sp³-hybridized carbons (Fsp3) is 0.0833. The number of anilines is 1. The van der Waals surface area contributed by atoms with Gasteiger partial charge in [-0.05, 0) is 23.8 Å². The summed E-state index contributed by atoms with van der Waals surface area (Å²) >= 11 is 5.88. The molecule has 2 rings (SSSR count). The van der Waals surface area contributed by atoms with Gasteiger partial charge in [0.05, 0.1) is 13.3 Å². The first-order valence-electron chi connectivity index (χ1n) is 4.86. The number of ether oxygens (including phenoxy) is 1. The number of hydrogen-bond acceptors (Lipinski definition) is 3. The molecule has 1 heterocycles. The van der Waals surface area contributed by atoms with Gasteiger partial charge in [0.15, 0.2) is 0 Å². The molecule has 0 aliphatic rings. The Kier molecular flexibility index (Phi) is 3.15. The van der Waals surface area contributed by atoms with E-state index < -0.39 is 5.82 Å². The van der Waals surface area contributed by atoms with Crippen LogP contribution >= 0.6 is 11.6 Å². The Hall–Kier alpha value is -1.81. The molecule has 0 saturated heterocycles. The van der Waals surface area contributed by atoms with Gasteiger partial charge in [-0.3, -0.25) is 0 Å². The standard InChI is InChI=1S/C12H10ClFN2O/c1-17-12-5-10(11(14)6-16-12)7-2-8(13)4-9(15)3-7/h2-6H,15H2,1H3. The van der Waals surface area contributed by atoms with Gasteiger partial charge in [0.2, 0.25) is 5.88 Å². The van der Waals surface area contributed by atoms with E-state index >= 15 is 0 Å². The third-order valence-electron chi connectivity index (χ3n) is 2.27. The first-order valence-corrected chi connectivity index (χ1v) is 5.24.